The van der Waals surface area contributed by atoms with Gasteiger partial charge in [-0.05, 0) is 63.4 Å². The highest BCUT2D eigenvalue weighted by Gasteiger charge is 2.53. The largest absolute Gasteiger partial charge is 0.329 e. The van der Waals surface area contributed by atoms with Gasteiger partial charge in [0.25, 0.3) is 5.91 Å². The zero-order valence-electron chi connectivity index (χ0n) is 17.9. The number of thiazole rings is 1. The molecule has 7 nitrogen and oxygen atoms in total. The van der Waals surface area contributed by atoms with Crippen LogP contribution in [0.3, 0.4) is 0 Å². The molecule has 2 aliphatic rings. The molecule has 8 heteroatoms. The fourth-order valence-corrected chi connectivity index (χ4v) is 5.43. The van der Waals surface area contributed by atoms with Gasteiger partial charge in [0.1, 0.15) is 5.54 Å². The summed E-state index contributed by atoms with van der Waals surface area (Å²) < 4.78 is 1.19. The Kier molecular flexibility index (Phi) is 4.79. The van der Waals surface area contributed by atoms with Crippen LogP contribution in [0.1, 0.15) is 42.8 Å². The van der Waals surface area contributed by atoms with Gasteiger partial charge >= 0.3 is 6.03 Å². The Morgan fingerprint density at radius 2 is 1.81 bits per heavy atom. The van der Waals surface area contributed by atoms with Crippen molar-refractivity contribution in [2.75, 3.05) is 18.0 Å². The lowest BCUT2D eigenvalue weighted by Crippen LogP contribution is -2.55. The number of amides is 3. The molecular formula is C23H25N5O2S. The van der Waals surface area contributed by atoms with Crippen LogP contribution < -0.4 is 10.2 Å². The Labute approximate surface area is 185 Å². The molecule has 5 rings (SSSR count). The number of rotatable bonds is 3. The number of pyridine rings is 1. The Balaban J connectivity index is 1.33. The van der Waals surface area contributed by atoms with Crippen LogP contribution in [0.15, 0.2) is 35.8 Å². The second-order valence-corrected chi connectivity index (χ2v) is 9.44. The van der Waals surface area contributed by atoms with Crippen LogP contribution in [0.4, 0.5) is 10.5 Å². The normalized spacial score (nSPS) is 19.9. The number of fused-ring (bicyclic) bond motifs is 1. The molecule has 2 saturated heterocycles. The summed E-state index contributed by atoms with van der Waals surface area (Å²) >= 11 is 1.65. The predicted octanol–water partition coefficient (Wildman–Crippen LogP) is 3.96. The number of hydrogen-bond donors (Lipinski definition) is 1. The minimum absolute atomic E-state index is 0.154. The van der Waals surface area contributed by atoms with Crippen molar-refractivity contribution in [3.63, 3.8) is 0 Å². The van der Waals surface area contributed by atoms with E-state index in [4.69, 9.17) is 0 Å². The van der Waals surface area contributed by atoms with Gasteiger partial charge in [0, 0.05) is 30.5 Å². The molecule has 160 valence electrons. The number of aromatic nitrogens is 2. The maximum atomic E-state index is 13.4. The minimum Gasteiger partial charge on any atom is -0.323 e. The number of anilines is 1. The molecule has 31 heavy (non-hydrogen) atoms. The second kappa shape index (κ2) is 7.39. The lowest BCUT2D eigenvalue weighted by atomic mass is 9.86. The Morgan fingerprint density at radius 1 is 1.10 bits per heavy atom. The number of imide groups is 1. The Hall–Kier alpha value is -2.84. The standard InChI is InChI=1S/C23H25N5O2S/c1-14-10-18(11-15(2)25-14)28-21(29)23(26-22(28)30)6-8-27(9-7-23)16(3)17-4-5-20-19(12-17)24-13-31-20/h4-5,10-13,16H,6-9H2,1-3H3,(H,26,30). The summed E-state index contributed by atoms with van der Waals surface area (Å²) in [4.78, 5) is 38.6. The van der Waals surface area contributed by atoms with Gasteiger partial charge in [-0.2, -0.15) is 0 Å². The molecule has 1 atom stereocenters. The topological polar surface area (TPSA) is 78.4 Å². The van der Waals surface area contributed by atoms with Gasteiger partial charge in [-0.15, -0.1) is 11.3 Å². The number of benzene rings is 1. The molecule has 0 bridgehead atoms. The summed E-state index contributed by atoms with van der Waals surface area (Å²) in [5, 5.41) is 3.01. The maximum absolute atomic E-state index is 13.4. The van der Waals surface area contributed by atoms with E-state index in [0.29, 0.717) is 18.5 Å². The number of nitrogens with one attached hydrogen (secondary N) is 1. The van der Waals surface area contributed by atoms with E-state index >= 15 is 0 Å². The molecular weight excluding hydrogens is 410 g/mol. The van der Waals surface area contributed by atoms with Gasteiger partial charge in [0.2, 0.25) is 0 Å². The number of piperidine rings is 1. The van der Waals surface area contributed by atoms with Gasteiger partial charge in [0.15, 0.2) is 0 Å². The number of carbonyl (C=O) groups excluding carboxylic acids is 2. The molecule has 2 fully saturated rings. The average Bonchev–Trinajstić information content (AvgIpc) is 3.29. The molecule has 1 N–H and O–H groups in total. The zero-order valence-corrected chi connectivity index (χ0v) is 18.7. The molecule has 1 aromatic carbocycles. The highest BCUT2D eigenvalue weighted by atomic mass is 32.1. The molecule has 0 radical (unpaired) electrons. The van der Waals surface area contributed by atoms with Crippen LogP contribution >= 0.6 is 11.3 Å². The van der Waals surface area contributed by atoms with E-state index < -0.39 is 5.54 Å². The molecule has 1 unspecified atom stereocenters. The van der Waals surface area contributed by atoms with E-state index in [1.165, 1.54) is 15.2 Å². The highest BCUT2D eigenvalue weighted by molar-refractivity contribution is 7.16. The van der Waals surface area contributed by atoms with E-state index in [-0.39, 0.29) is 18.0 Å². The van der Waals surface area contributed by atoms with E-state index in [1.807, 2.05) is 19.4 Å². The van der Waals surface area contributed by atoms with E-state index in [0.717, 1.165) is 30.0 Å². The number of likely N-dealkylation sites (tertiary alicyclic amines) is 1. The van der Waals surface area contributed by atoms with Crippen molar-refractivity contribution in [1.82, 2.24) is 20.2 Å². The summed E-state index contributed by atoms with van der Waals surface area (Å²) in [6, 6.07) is 9.89. The monoisotopic (exact) mass is 435 g/mol. The third-order valence-corrected chi connectivity index (χ3v) is 7.33. The lowest BCUT2D eigenvalue weighted by molar-refractivity contribution is -0.124. The maximum Gasteiger partial charge on any atom is 0.329 e. The smallest absolute Gasteiger partial charge is 0.323 e. The number of carbonyl (C=O) groups is 2. The molecule has 0 aliphatic carbocycles. The van der Waals surface area contributed by atoms with E-state index in [1.54, 1.807) is 23.5 Å². The Morgan fingerprint density at radius 3 is 2.52 bits per heavy atom. The van der Waals surface area contributed by atoms with Gasteiger partial charge in [0.05, 0.1) is 21.4 Å². The van der Waals surface area contributed by atoms with Crippen molar-refractivity contribution in [3.8, 4) is 0 Å². The van der Waals surface area contributed by atoms with E-state index in [2.05, 4.69) is 45.3 Å². The summed E-state index contributed by atoms with van der Waals surface area (Å²) in [7, 11) is 0. The second-order valence-electron chi connectivity index (χ2n) is 8.55. The van der Waals surface area contributed by atoms with Crippen molar-refractivity contribution in [1.29, 1.82) is 0 Å². The van der Waals surface area contributed by atoms with Crippen molar-refractivity contribution >= 4 is 39.2 Å². The van der Waals surface area contributed by atoms with Crippen LogP contribution in [0.25, 0.3) is 10.2 Å². The first-order valence-electron chi connectivity index (χ1n) is 10.6. The molecule has 2 aromatic heterocycles. The van der Waals surface area contributed by atoms with Crippen molar-refractivity contribution in [2.45, 2.75) is 45.2 Å². The fraction of sp³-hybridized carbons (Fsp3) is 0.391. The van der Waals surface area contributed by atoms with E-state index in [9.17, 15) is 9.59 Å². The summed E-state index contributed by atoms with van der Waals surface area (Å²) in [5.74, 6) is -0.154. The van der Waals surface area contributed by atoms with Crippen LogP contribution in [0.2, 0.25) is 0 Å². The number of aryl methyl sites for hydroxylation is 2. The Bertz CT molecular complexity index is 1160. The van der Waals surface area contributed by atoms with Gasteiger partial charge < -0.3 is 5.32 Å². The van der Waals surface area contributed by atoms with Crippen molar-refractivity contribution < 1.29 is 9.59 Å². The third-order valence-electron chi connectivity index (χ3n) is 6.52. The van der Waals surface area contributed by atoms with Crippen molar-refractivity contribution in [3.05, 3.63) is 52.8 Å². The summed E-state index contributed by atoms with van der Waals surface area (Å²) in [6.45, 7) is 7.41. The molecule has 3 amide bonds. The minimum atomic E-state index is -0.822. The molecule has 2 aliphatic heterocycles. The molecule has 3 aromatic rings. The first-order chi connectivity index (χ1) is 14.9. The molecule has 1 spiro atoms. The molecule has 4 heterocycles. The average molecular weight is 436 g/mol. The molecule has 0 saturated carbocycles. The third kappa shape index (κ3) is 3.40. The fourth-order valence-electron chi connectivity index (χ4n) is 4.77. The number of hydrogen-bond acceptors (Lipinski definition) is 6. The lowest BCUT2D eigenvalue weighted by Gasteiger charge is -2.40. The van der Waals surface area contributed by atoms with Crippen LogP contribution in [-0.2, 0) is 4.79 Å². The van der Waals surface area contributed by atoms with Gasteiger partial charge in [-0.25, -0.2) is 14.7 Å². The first kappa shape index (κ1) is 20.1. The SMILES string of the molecule is Cc1cc(N2C(=O)NC3(CCN(C(C)c4ccc5scnc5c4)CC3)C2=O)cc(C)n1. The van der Waals surface area contributed by atoms with Crippen LogP contribution in [-0.4, -0.2) is 45.4 Å². The number of urea groups is 1. The highest BCUT2D eigenvalue weighted by Crippen LogP contribution is 2.36. The van der Waals surface area contributed by atoms with Gasteiger partial charge in [-0.1, -0.05) is 6.07 Å². The summed E-state index contributed by atoms with van der Waals surface area (Å²) in [6.07, 6.45) is 1.20. The predicted molar refractivity (Wildman–Crippen MR) is 121 cm³/mol. The van der Waals surface area contributed by atoms with Gasteiger partial charge in [-0.3, -0.25) is 14.7 Å². The van der Waals surface area contributed by atoms with Crippen LogP contribution in [0.5, 0.6) is 0 Å². The number of nitrogens with zero attached hydrogens (tertiary/aromatic N) is 4. The van der Waals surface area contributed by atoms with Crippen LogP contribution in [0, 0.1) is 13.8 Å². The zero-order chi connectivity index (χ0) is 21.8. The summed E-state index contributed by atoms with van der Waals surface area (Å²) in [5.41, 5.74) is 5.47. The quantitative estimate of drug-likeness (QED) is 0.630. The van der Waals surface area contributed by atoms with Crippen molar-refractivity contribution in [2.24, 2.45) is 0 Å². The first-order valence-corrected chi connectivity index (χ1v) is 11.4.